The van der Waals surface area contributed by atoms with Gasteiger partial charge in [-0.2, -0.15) is 0 Å². The molecule has 0 bridgehead atoms. The van der Waals surface area contributed by atoms with Crippen LogP contribution >= 0.6 is 0 Å². The average molecular weight is 438 g/mol. The maximum absolute atomic E-state index is 13.4. The molecule has 2 aliphatic carbocycles. The van der Waals surface area contributed by atoms with E-state index in [-0.39, 0.29) is 11.3 Å². The third kappa shape index (κ3) is 4.58. The molecule has 4 heteroatoms. The van der Waals surface area contributed by atoms with Crippen molar-refractivity contribution in [2.45, 2.75) is 96.1 Å². The Kier molecular flexibility index (Phi) is 6.51. The summed E-state index contributed by atoms with van der Waals surface area (Å²) >= 11 is 0. The number of nitrogens with zero attached hydrogens (tertiary/aromatic N) is 3. The number of anilines is 1. The Labute approximate surface area is 195 Å². The van der Waals surface area contributed by atoms with E-state index in [2.05, 4.69) is 46.7 Å². The van der Waals surface area contributed by atoms with Crippen molar-refractivity contribution in [1.82, 2.24) is 9.80 Å². The minimum absolute atomic E-state index is 0.122. The molecular weight excluding hydrogens is 394 g/mol. The van der Waals surface area contributed by atoms with Gasteiger partial charge in [0.25, 0.3) is 0 Å². The van der Waals surface area contributed by atoms with Gasteiger partial charge in [0.1, 0.15) is 0 Å². The van der Waals surface area contributed by atoms with Crippen molar-refractivity contribution in [2.75, 3.05) is 37.6 Å². The Hall–Kier alpha value is -1.55. The lowest BCUT2D eigenvalue weighted by molar-refractivity contribution is -0.137. The van der Waals surface area contributed by atoms with E-state index in [0.29, 0.717) is 5.91 Å². The molecule has 0 unspecified atom stereocenters. The molecule has 5 rings (SSSR count). The first-order valence-corrected chi connectivity index (χ1v) is 13.4. The first-order chi connectivity index (χ1) is 15.5. The van der Waals surface area contributed by atoms with Crippen LogP contribution in [0.5, 0.6) is 0 Å². The standard InChI is InChI=1S/C28H43N3O/c1-28(2)14-15-31(27(32)22-8-4-3-5-9-22)21-23-20-25(12-13-26(23)28)30-18-16-29(17-19-30)24-10-6-7-11-24/h12-13,20,22,24H,3-11,14-19,21H2,1-2H3. The molecule has 2 aliphatic heterocycles. The maximum Gasteiger partial charge on any atom is 0.225 e. The van der Waals surface area contributed by atoms with Crippen LogP contribution in [0.4, 0.5) is 5.69 Å². The lowest BCUT2D eigenvalue weighted by Crippen LogP contribution is -2.49. The van der Waals surface area contributed by atoms with Gasteiger partial charge in [-0.25, -0.2) is 0 Å². The highest BCUT2D eigenvalue weighted by Gasteiger charge is 2.34. The van der Waals surface area contributed by atoms with Crippen molar-refractivity contribution < 1.29 is 4.79 Å². The highest BCUT2D eigenvalue weighted by molar-refractivity contribution is 5.79. The number of benzene rings is 1. The molecule has 1 aromatic rings. The first kappa shape index (κ1) is 22.3. The number of fused-ring (bicyclic) bond motifs is 1. The monoisotopic (exact) mass is 437 g/mol. The number of carbonyl (C=O) groups excluding carboxylic acids is 1. The topological polar surface area (TPSA) is 26.8 Å². The number of rotatable bonds is 3. The summed E-state index contributed by atoms with van der Waals surface area (Å²) in [7, 11) is 0. The van der Waals surface area contributed by atoms with Gasteiger partial charge in [0.2, 0.25) is 5.91 Å². The molecule has 176 valence electrons. The Morgan fingerprint density at radius 1 is 0.875 bits per heavy atom. The fourth-order valence-electron chi connectivity index (χ4n) is 6.81. The van der Waals surface area contributed by atoms with Crippen molar-refractivity contribution in [3.8, 4) is 0 Å². The second kappa shape index (κ2) is 9.37. The second-order valence-corrected chi connectivity index (χ2v) is 11.5. The van der Waals surface area contributed by atoms with Crippen molar-refractivity contribution in [1.29, 1.82) is 0 Å². The van der Waals surface area contributed by atoms with E-state index in [1.165, 1.54) is 74.8 Å². The quantitative estimate of drug-likeness (QED) is 0.638. The highest BCUT2D eigenvalue weighted by atomic mass is 16.2. The minimum atomic E-state index is 0.122. The van der Waals surface area contributed by atoms with E-state index in [0.717, 1.165) is 51.5 Å². The molecule has 1 aromatic carbocycles. The van der Waals surface area contributed by atoms with E-state index in [1.807, 2.05) is 0 Å². The number of piperazine rings is 1. The number of hydrogen-bond acceptors (Lipinski definition) is 3. The van der Waals surface area contributed by atoms with Gasteiger partial charge in [0, 0.05) is 56.9 Å². The van der Waals surface area contributed by atoms with Crippen molar-refractivity contribution in [3.05, 3.63) is 29.3 Å². The van der Waals surface area contributed by atoms with Crippen LogP contribution in [0.2, 0.25) is 0 Å². The summed E-state index contributed by atoms with van der Waals surface area (Å²) in [4.78, 5) is 20.9. The van der Waals surface area contributed by atoms with Gasteiger partial charge in [-0.15, -0.1) is 0 Å². The summed E-state index contributed by atoms with van der Waals surface area (Å²) in [5.41, 5.74) is 4.31. The summed E-state index contributed by atoms with van der Waals surface area (Å²) in [6.45, 7) is 11.1. The van der Waals surface area contributed by atoms with Gasteiger partial charge in [-0.1, -0.05) is 52.0 Å². The van der Waals surface area contributed by atoms with Crippen molar-refractivity contribution in [3.63, 3.8) is 0 Å². The smallest absolute Gasteiger partial charge is 0.225 e. The molecule has 0 spiro atoms. The molecular formula is C28H43N3O. The lowest BCUT2D eigenvalue weighted by Gasteiger charge is -2.39. The molecule has 4 nitrogen and oxygen atoms in total. The Morgan fingerprint density at radius 2 is 1.56 bits per heavy atom. The fourth-order valence-corrected chi connectivity index (χ4v) is 6.81. The van der Waals surface area contributed by atoms with E-state index in [4.69, 9.17) is 0 Å². The predicted molar refractivity (Wildman–Crippen MR) is 132 cm³/mol. The molecule has 0 radical (unpaired) electrons. The lowest BCUT2D eigenvalue weighted by atomic mass is 9.80. The molecule has 1 amide bonds. The van der Waals surface area contributed by atoms with Crippen molar-refractivity contribution >= 4 is 11.6 Å². The van der Waals surface area contributed by atoms with Gasteiger partial charge in [-0.05, 0) is 60.8 Å². The predicted octanol–water partition coefficient (Wildman–Crippen LogP) is 5.34. The molecule has 0 N–H and O–H groups in total. The highest BCUT2D eigenvalue weighted by Crippen LogP contribution is 2.37. The Bertz CT molecular complexity index is 799. The van der Waals surface area contributed by atoms with Crippen LogP contribution in [0, 0.1) is 5.92 Å². The van der Waals surface area contributed by atoms with E-state index < -0.39 is 0 Å². The SMILES string of the molecule is CC1(C)CCN(C(=O)C2CCCCC2)Cc2cc(N3CCN(C4CCCC4)CC3)ccc21. The third-order valence-corrected chi connectivity index (χ3v) is 8.97. The largest absolute Gasteiger partial charge is 0.369 e. The van der Waals surface area contributed by atoms with Crippen LogP contribution in [-0.4, -0.2) is 54.5 Å². The van der Waals surface area contributed by atoms with Crippen LogP contribution in [0.3, 0.4) is 0 Å². The average Bonchev–Trinajstić information content (AvgIpc) is 3.32. The number of hydrogen-bond donors (Lipinski definition) is 0. The third-order valence-electron chi connectivity index (χ3n) is 8.97. The summed E-state index contributed by atoms with van der Waals surface area (Å²) in [5, 5.41) is 0. The molecule has 0 aromatic heterocycles. The summed E-state index contributed by atoms with van der Waals surface area (Å²) < 4.78 is 0. The molecule has 4 aliphatic rings. The Morgan fingerprint density at radius 3 is 2.28 bits per heavy atom. The minimum Gasteiger partial charge on any atom is -0.369 e. The van der Waals surface area contributed by atoms with Gasteiger partial charge >= 0.3 is 0 Å². The van der Waals surface area contributed by atoms with Crippen LogP contribution in [0.1, 0.15) is 89.2 Å². The summed E-state index contributed by atoms with van der Waals surface area (Å²) in [6, 6.07) is 7.99. The van der Waals surface area contributed by atoms with Gasteiger partial charge in [0.05, 0.1) is 0 Å². The van der Waals surface area contributed by atoms with Crippen molar-refractivity contribution in [2.24, 2.45) is 5.92 Å². The molecule has 2 saturated carbocycles. The summed E-state index contributed by atoms with van der Waals surface area (Å²) in [5.74, 6) is 0.684. The van der Waals surface area contributed by atoms with Gasteiger partial charge in [0.15, 0.2) is 0 Å². The number of amides is 1. The molecule has 32 heavy (non-hydrogen) atoms. The van der Waals surface area contributed by atoms with Crippen LogP contribution in [0.25, 0.3) is 0 Å². The van der Waals surface area contributed by atoms with Crippen LogP contribution in [-0.2, 0) is 16.8 Å². The van der Waals surface area contributed by atoms with Gasteiger partial charge in [-0.3, -0.25) is 9.69 Å². The molecule has 2 heterocycles. The normalized spacial score (nSPS) is 25.6. The fraction of sp³-hybridized carbons (Fsp3) is 0.750. The Balaban J connectivity index is 1.31. The molecule has 3 fully saturated rings. The van der Waals surface area contributed by atoms with Crippen LogP contribution < -0.4 is 4.90 Å². The zero-order chi connectivity index (χ0) is 22.1. The maximum atomic E-state index is 13.4. The zero-order valence-corrected chi connectivity index (χ0v) is 20.5. The molecule has 1 saturated heterocycles. The summed E-state index contributed by atoms with van der Waals surface area (Å²) in [6.07, 6.45) is 12.6. The van der Waals surface area contributed by atoms with E-state index in [9.17, 15) is 4.79 Å². The van der Waals surface area contributed by atoms with Gasteiger partial charge < -0.3 is 9.80 Å². The number of carbonyl (C=O) groups is 1. The first-order valence-electron chi connectivity index (χ1n) is 13.4. The van der Waals surface area contributed by atoms with Crippen LogP contribution in [0.15, 0.2) is 18.2 Å². The molecule has 0 atom stereocenters. The second-order valence-electron chi connectivity index (χ2n) is 11.5. The van der Waals surface area contributed by atoms with E-state index >= 15 is 0 Å². The zero-order valence-electron chi connectivity index (χ0n) is 20.5. The van der Waals surface area contributed by atoms with E-state index in [1.54, 1.807) is 0 Å².